The Bertz CT molecular complexity index is 1120. The fraction of sp³-hybridized carbons (Fsp3) is 0.167. The molecule has 14 heteroatoms. The summed E-state index contributed by atoms with van der Waals surface area (Å²) in [6, 6.07) is 6.40. The molecule has 0 aliphatic carbocycles. The van der Waals surface area contributed by atoms with E-state index in [4.69, 9.17) is 16.6 Å². The molecule has 0 unspecified atom stereocenters. The highest BCUT2D eigenvalue weighted by atomic mass is 32.2. The van der Waals surface area contributed by atoms with E-state index in [1.165, 1.54) is 11.2 Å². The first-order chi connectivity index (χ1) is 15.3. The lowest BCUT2D eigenvalue weighted by atomic mass is 10.2. The average Bonchev–Trinajstić information content (AvgIpc) is 3.35. The number of rotatable bonds is 9. The fourth-order valence-corrected chi connectivity index (χ4v) is 3.97. The highest BCUT2D eigenvalue weighted by Crippen LogP contribution is 2.33. The molecule has 1 aliphatic rings. The SMILES string of the molecule is O=C(CCCN1C(=O)/C(=C\c2ccco2)SC1=S)NNc1ccc([N+](=O)[O-])cc1[N+](=O)[O-]. The second kappa shape index (κ2) is 10.0. The molecular formula is C18H15N5O7S2. The normalized spacial score (nSPS) is 14.6. The van der Waals surface area contributed by atoms with Crippen molar-refractivity contribution < 1.29 is 23.9 Å². The van der Waals surface area contributed by atoms with Crippen molar-refractivity contribution in [3.8, 4) is 0 Å². The Hall–Kier alpha value is -3.78. The van der Waals surface area contributed by atoms with E-state index in [0.29, 0.717) is 15.0 Å². The number of nitrogens with zero attached hydrogens (tertiary/aromatic N) is 3. The highest BCUT2D eigenvalue weighted by molar-refractivity contribution is 8.26. The quantitative estimate of drug-likeness (QED) is 0.237. The highest BCUT2D eigenvalue weighted by Gasteiger charge is 2.32. The van der Waals surface area contributed by atoms with Crippen molar-refractivity contribution in [2.24, 2.45) is 0 Å². The number of thioether (sulfide) groups is 1. The van der Waals surface area contributed by atoms with Crippen LogP contribution in [0.25, 0.3) is 6.08 Å². The minimum absolute atomic E-state index is 0.00205. The van der Waals surface area contributed by atoms with Gasteiger partial charge in [-0.3, -0.25) is 45.6 Å². The number of benzene rings is 1. The zero-order valence-corrected chi connectivity index (χ0v) is 17.8. The van der Waals surface area contributed by atoms with Crippen LogP contribution in [0.2, 0.25) is 0 Å². The van der Waals surface area contributed by atoms with Crippen molar-refractivity contribution in [2.45, 2.75) is 12.8 Å². The Labute approximate surface area is 189 Å². The largest absolute Gasteiger partial charge is 0.465 e. The first kappa shape index (κ1) is 22.9. The molecule has 2 aromatic rings. The summed E-state index contributed by atoms with van der Waals surface area (Å²) in [6.07, 6.45) is 3.37. The topological polar surface area (TPSA) is 161 Å². The van der Waals surface area contributed by atoms with E-state index in [1.54, 1.807) is 18.2 Å². The Balaban J connectivity index is 1.51. The summed E-state index contributed by atoms with van der Waals surface area (Å²) < 4.78 is 5.56. The van der Waals surface area contributed by atoms with E-state index in [2.05, 4.69) is 10.9 Å². The van der Waals surface area contributed by atoms with Gasteiger partial charge in [0.25, 0.3) is 11.6 Å². The summed E-state index contributed by atoms with van der Waals surface area (Å²) in [7, 11) is 0. The third kappa shape index (κ3) is 5.47. The summed E-state index contributed by atoms with van der Waals surface area (Å²) in [5.41, 5.74) is 3.59. The van der Waals surface area contributed by atoms with Gasteiger partial charge >= 0.3 is 5.69 Å². The monoisotopic (exact) mass is 477 g/mol. The van der Waals surface area contributed by atoms with Gasteiger partial charge in [0.05, 0.1) is 27.1 Å². The molecule has 0 spiro atoms. The molecule has 0 radical (unpaired) electrons. The number of hydrogen-bond acceptors (Lipinski definition) is 10. The molecule has 166 valence electrons. The molecule has 12 nitrogen and oxygen atoms in total. The van der Waals surface area contributed by atoms with Crippen molar-refractivity contribution in [3.63, 3.8) is 0 Å². The molecule has 2 N–H and O–H groups in total. The lowest BCUT2D eigenvalue weighted by Crippen LogP contribution is -2.32. The van der Waals surface area contributed by atoms with Crippen molar-refractivity contribution in [1.82, 2.24) is 10.3 Å². The Kier molecular flexibility index (Phi) is 7.17. The van der Waals surface area contributed by atoms with Gasteiger partial charge in [-0.1, -0.05) is 24.0 Å². The van der Waals surface area contributed by atoms with E-state index in [-0.39, 0.29) is 31.0 Å². The molecule has 0 atom stereocenters. The number of thiocarbonyl (C=S) groups is 1. The predicted octanol–water partition coefficient (Wildman–Crippen LogP) is 3.22. The standard InChI is InChI=1S/C18H15N5O7S2/c24-16(20-19-13-6-5-11(22(26)27)9-14(13)23(28)29)4-1-7-21-17(25)15(32-18(21)31)10-12-3-2-8-30-12/h2-3,5-6,8-10,19H,1,4,7H2,(H,20,24)/b15-10+. The molecule has 1 aromatic carbocycles. The number of anilines is 1. The minimum atomic E-state index is -0.799. The van der Waals surface area contributed by atoms with Crippen LogP contribution in [0.1, 0.15) is 18.6 Å². The van der Waals surface area contributed by atoms with Crippen LogP contribution in [0.15, 0.2) is 45.9 Å². The second-order valence-corrected chi connectivity index (χ2v) is 8.02. The van der Waals surface area contributed by atoms with E-state index >= 15 is 0 Å². The number of nitrogens with one attached hydrogen (secondary N) is 2. The lowest BCUT2D eigenvalue weighted by Gasteiger charge is -2.14. The number of carbonyl (C=O) groups is 2. The van der Waals surface area contributed by atoms with E-state index in [9.17, 15) is 29.8 Å². The van der Waals surface area contributed by atoms with Gasteiger partial charge in [-0.25, -0.2) is 0 Å². The zero-order valence-electron chi connectivity index (χ0n) is 16.2. The van der Waals surface area contributed by atoms with Crippen LogP contribution in [0, 0.1) is 20.2 Å². The molecule has 32 heavy (non-hydrogen) atoms. The molecular weight excluding hydrogens is 462 g/mol. The van der Waals surface area contributed by atoms with Crippen LogP contribution in [-0.2, 0) is 9.59 Å². The molecule has 0 saturated carbocycles. The average molecular weight is 477 g/mol. The van der Waals surface area contributed by atoms with Crippen LogP contribution in [-0.4, -0.2) is 37.4 Å². The van der Waals surface area contributed by atoms with Gasteiger partial charge in [0.2, 0.25) is 5.91 Å². The summed E-state index contributed by atoms with van der Waals surface area (Å²) in [6.45, 7) is 0.214. The smallest absolute Gasteiger partial charge is 0.300 e. The van der Waals surface area contributed by atoms with Crippen molar-refractivity contribution in [2.75, 3.05) is 12.0 Å². The Morgan fingerprint density at radius 1 is 1.25 bits per heavy atom. The molecule has 1 saturated heterocycles. The fourth-order valence-electron chi connectivity index (χ4n) is 2.68. The van der Waals surface area contributed by atoms with Crippen molar-refractivity contribution in [1.29, 1.82) is 0 Å². The van der Waals surface area contributed by atoms with Gasteiger partial charge in [-0.15, -0.1) is 0 Å². The first-order valence-electron chi connectivity index (χ1n) is 9.03. The maximum Gasteiger partial charge on any atom is 0.300 e. The first-order valence-corrected chi connectivity index (χ1v) is 10.3. The summed E-state index contributed by atoms with van der Waals surface area (Å²) in [4.78, 5) is 46.7. The van der Waals surface area contributed by atoms with Crippen LogP contribution < -0.4 is 10.9 Å². The van der Waals surface area contributed by atoms with Gasteiger partial charge in [0.15, 0.2) is 0 Å². The third-order valence-corrected chi connectivity index (χ3v) is 5.58. The van der Waals surface area contributed by atoms with Crippen LogP contribution in [0.4, 0.5) is 17.1 Å². The van der Waals surface area contributed by atoms with Gasteiger partial charge in [0.1, 0.15) is 15.8 Å². The Morgan fingerprint density at radius 2 is 2.03 bits per heavy atom. The second-order valence-electron chi connectivity index (χ2n) is 6.34. The van der Waals surface area contributed by atoms with Gasteiger partial charge in [-0.05, 0) is 24.6 Å². The predicted molar refractivity (Wildman–Crippen MR) is 119 cm³/mol. The number of hydrazine groups is 1. The maximum absolute atomic E-state index is 12.5. The van der Waals surface area contributed by atoms with Gasteiger partial charge in [0, 0.05) is 25.1 Å². The lowest BCUT2D eigenvalue weighted by molar-refractivity contribution is -0.393. The number of non-ortho nitro benzene ring substituents is 1. The molecule has 0 bridgehead atoms. The number of nitro benzene ring substituents is 2. The zero-order chi connectivity index (χ0) is 23.3. The third-order valence-electron chi connectivity index (χ3n) is 4.20. The van der Waals surface area contributed by atoms with Crippen LogP contribution in [0.3, 0.4) is 0 Å². The van der Waals surface area contributed by atoms with Gasteiger partial charge in [-0.2, -0.15) is 0 Å². The molecule has 1 aliphatic heterocycles. The van der Waals surface area contributed by atoms with E-state index in [0.717, 1.165) is 30.0 Å². The Morgan fingerprint density at radius 3 is 2.69 bits per heavy atom. The molecule has 3 rings (SSSR count). The number of amides is 2. The number of nitro groups is 2. The van der Waals surface area contributed by atoms with Crippen LogP contribution >= 0.6 is 24.0 Å². The number of hydrogen-bond donors (Lipinski definition) is 2. The summed E-state index contributed by atoms with van der Waals surface area (Å²) in [5.74, 6) is -0.248. The molecule has 1 fully saturated rings. The molecule has 2 heterocycles. The van der Waals surface area contributed by atoms with Crippen LogP contribution in [0.5, 0.6) is 0 Å². The van der Waals surface area contributed by atoms with E-state index < -0.39 is 27.1 Å². The maximum atomic E-state index is 12.5. The summed E-state index contributed by atoms with van der Waals surface area (Å²) >= 11 is 6.36. The summed E-state index contributed by atoms with van der Waals surface area (Å²) in [5, 5.41) is 21.9. The number of furan rings is 1. The van der Waals surface area contributed by atoms with E-state index in [1.807, 2.05) is 0 Å². The minimum Gasteiger partial charge on any atom is -0.465 e. The molecule has 2 amide bonds. The van der Waals surface area contributed by atoms with Crippen molar-refractivity contribution >= 4 is 63.3 Å². The van der Waals surface area contributed by atoms with Gasteiger partial charge < -0.3 is 4.42 Å². The molecule has 1 aromatic heterocycles. The van der Waals surface area contributed by atoms with Crippen molar-refractivity contribution in [3.05, 3.63) is 67.5 Å². The number of carbonyl (C=O) groups excluding carboxylic acids is 2.